The van der Waals surface area contributed by atoms with Crippen molar-refractivity contribution in [2.45, 2.75) is 6.18 Å². The van der Waals surface area contributed by atoms with Crippen LogP contribution in [-0.2, 0) is 25.1 Å². The zero-order valence-electron chi connectivity index (χ0n) is 14.0. The van der Waals surface area contributed by atoms with Crippen LogP contribution >= 0.6 is 0 Å². The number of rotatable bonds is 1. The first-order chi connectivity index (χ1) is 12.1. The minimum Gasteiger partial charge on any atom is -0.377 e. The van der Waals surface area contributed by atoms with Gasteiger partial charge in [0.25, 0.3) is 0 Å². The lowest BCUT2D eigenvalue weighted by atomic mass is 10.2. The minimum absolute atomic E-state index is 0.419. The van der Waals surface area contributed by atoms with Crippen LogP contribution in [-0.4, -0.2) is 70.9 Å². The summed E-state index contributed by atoms with van der Waals surface area (Å²) < 4.78 is 59.6. The fraction of sp³-hybridized carbons (Fsp3) is 0.688. The molecule has 9 heteroatoms. The molecule has 1 aromatic rings. The summed E-state index contributed by atoms with van der Waals surface area (Å²) >= 11 is 0. The van der Waals surface area contributed by atoms with E-state index in [1.807, 2.05) is 4.90 Å². The highest BCUT2D eigenvalue weighted by atomic mass is 19.4. The van der Waals surface area contributed by atoms with Gasteiger partial charge in [-0.25, -0.2) is 4.98 Å². The summed E-state index contributed by atoms with van der Waals surface area (Å²) in [4.78, 5) is 5.77. The average molecular weight is 364 g/mol. The molecule has 1 fully saturated rings. The Labute approximate surface area is 144 Å². The van der Waals surface area contributed by atoms with Crippen molar-refractivity contribution in [1.29, 1.82) is 0 Å². The number of alkyl halides is 3. The number of hydrogen-bond donors (Lipinski definition) is 0. The van der Waals surface area contributed by atoms with E-state index in [9.17, 15) is 13.2 Å². The standard InChI is InChI=1S/C16H23F3N2O4/c17-16(18,19)14-1-2-15(20-13-14)21-3-5-22-7-9-24-11-12-25-10-8-23-6-4-21/h1-2,13H,3-12H2. The molecule has 0 N–H and O–H groups in total. The van der Waals surface area contributed by atoms with Gasteiger partial charge in [-0.1, -0.05) is 0 Å². The highest BCUT2D eigenvalue weighted by Gasteiger charge is 2.30. The molecule has 0 unspecified atom stereocenters. The number of anilines is 1. The van der Waals surface area contributed by atoms with Crippen LogP contribution in [0.2, 0.25) is 0 Å². The van der Waals surface area contributed by atoms with Crippen molar-refractivity contribution in [2.24, 2.45) is 0 Å². The fourth-order valence-electron chi connectivity index (χ4n) is 2.19. The summed E-state index contributed by atoms with van der Waals surface area (Å²) in [7, 11) is 0. The van der Waals surface area contributed by atoms with Gasteiger partial charge in [0.15, 0.2) is 0 Å². The second-order valence-corrected chi connectivity index (χ2v) is 5.34. The van der Waals surface area contributed by atoms with E-state index in [0.29, 0.717) is 71.8 Å². The van der Waals surface area contributed by atoms with Crippen molar-refractivity contribution in [3.05, 3.63) is 23.9 Å². The molecule has 1 aliphatic rings. The molecule has 0 aliphatic carbocycles. The largest absolute Gasteiger partial charge is 0.417 e. The van der Waals surface area contributed by atoms with Crippen molar-refractivity contribution < 1.29 is 32.1 Å². The molecule has 0 atom stereocenters. The fourth-order valence-corrected chi connectivity index (χ4v) is 2.19. The van der Waals surface area contributed by atoms with E-state index in [1.165, 1.54) is 6.07 Å². The van der Waals surface area contributed by atoms with Gasteiger partial charge in [-0.15, -0.1) is 0 Å². The topological polar surface area (TPSA) is 53.1 Å². The Morgan fingerprint density at radius 3 is 1.64 bits per heavy atom. The van der Waals surface area contributed by atoms with Crippen LogP contribution in [0.25, 0.3) is 0 Å². The monoisotopic (exact) mass is 364 g/mol. The minimum atomic E-state index is -4.39. The van der Waals surface area contributed by atoms with E-state index in [0.717, 1.165) is 12.3 Å². The van der Waals surface area contributed by atoms with E-state index in [4.69, 9.17) is 18.9 Å². The number of aromatic nitrogens is 1. The smallest absolute Gasteiger partial charge is 0.377 e. The Balaban J connectivity index is 1.94. The van der Waals surface area contributed by atoms with Crippen molar-refractivity contribution in [3.63, 3.8) is 0 Å². The molecule has 6 nitrogen and oxygen atoms in total. The predicted octanol–water partition coefficient (Wildman–Crippen LogP) is 1.99. The average Bonchev–Trinajstić information content (AvgIpc) is 2.60. The molecule has 0 radical (unpaired) electrons. The Hall–Kier alpha value is -1.42. The van der Waals surface area contributed by atoms with E-state index in [2.05, 4.69) is 4.98 Å². The summed E-state index contributed by atoms with van der Waals surface area (Å²) in [6.07, 6.45) is -3.55. The Bertz CT molecular complexity index is 469. The van der Waals surface area contributed by atoms with Gasteiger partial charge < -0.3 is 23.8 Å². The second-order valence-electron chi connectivity index (χ2n) is 5.34. The zero-order chi connectivity index (χ0) is 18.0. The van der Waals surface area contributed by atoms with Gasteiger partial charge in [-0.05, 0) is 12.1 Å². The normalized spacial score (nSPS) is 19.9. The van der Waals surface area contributed by atoms with E-state index < -0.39 is 11.7 Å². The molecular formula is C16H23F3N2O4. The summed E-state index contributed by atoms with van der Waals surface area (Å²) in [5.41, 5.74) is -0.767. The van der Waals surface area contributed by atoms with Crippen LogP contribution in [0.4, 0.5) is 19.0 Å². The SMILES string of the molecule is FC(F)(F)c1ccc(N2CCOCCOCCOCCOCC2)nc1. The summed E-state index contributed by atoms with van der Waals surface area (Å²) in [5.74, 6) is 0.456. The third kappa shape index (κ3) is 7.55. The highest BCUT2D eigenvalue weighted by molar-refractivity contribution is 5.39. The third-order valence-electron chi connectivity index (χ3n) is 3.53. The summed E-state index contributed by atoms with van der Waals surface area (Å²) in [6, 6.07) is 2.39. The number of halogens is 3. The van der Waals surface area contributed by atoms with Crippen LogP contribution in [0, 0.1) is 0 Å². The zero-order valence-corrected chi connectivity index (χ0v) is 14.0. The molecule has 1 aromatic heterocycles. The van der Waals surface area contributed by atoms with Crippen LogP contribution in [0.5, 0.6) is 0 Å². The van der Waals surface area contributed by atoms with Gasteiger partial charge in [0.1, 0.15) is 5.82 Å². The van der Waals surface area contributed by atoms with E-state index in [1.54, 1.807) is 0 Å². The van der Waals surface area contributed by atoms with Crippen LogP contribution in [0.15, 0.2) is 18.3 Å². The van der Waals surface area contributed by atoms with Crippen molar-refractivity contribution in [3.8, 4) is 0 Å². The summed E-state index contributed by atoms with van der Waals surface area (Å²) in [6.45, 7) is 4.68. The van der Waals surface area contributed by atoms with Gasteiger partial charge in [-0.3, -0.25) is 0 Å². The van der Waals surface area contributed by atoms with Crippen molar-refractivity contribution in [2.75, 3.05) is 70.8 Å². The van der Waals surface area contributed by atoms with Crippen LogP contribution < -0.4 is 4.90 Å². The number of ether oxygens (including phenoxy) is 4. The first kappa shape index (κ1) is 19.9. The molecule has 0 spiro atoms. The van der Waals surface area contributed by atoms with E-state index >= 15 is 0 Å². The van der Waals surface area contributed by atoms with Gasteiger partial charge in [0.2, 0.25) is 0 Å². The van der Waals surface area contributed by atoms with E-state index in [-0.39, 0.29) is 0 Å². The van der Waals surface area contributed by atoms with Crippen molar-refractivity contribution >= 4 is 5.82 Å². The number of hydrogen-bond acceptors (Lipinski definition) is 6. The molecule has 25 heavy (non-hydrogen) atoms. The lowest BCUT2D eigenvalue weighted by molar-refractivity contribution is -0.137. The Morgan fingerprint density at radius 2 is 1.24 bits per heavy atom. The predicted molar refractivity (Wildman–Crippen MR) is 84.7 cm³/mol. The van der Waals surface area contributed by atoms with Gasteiger partial charge in [-0.2, -0.15) is 13.2 Å². The van der Waals surface area contributed by atoms with Crippen LogP contribution in [0.1, 0.15) is 5.56 Å². The molecule has 142 valence electrons. The number of pyridine rings is 1. The molecule has 0 bridgehead atoms. The molecule has 0 saturated carbocycles. The Kier molecular flexibility index (Phi) is 8.39. The molecule has 0 amide bonds. The first-order valence-electron chi connectivity index (χ1n) is 8.16. The summed E-state index contributed by atoms with van der Waals surface area (Å²) in [5, 5.41) is 0. The molecule has 0 aromatic carbocycles. The maximum Gasteiger partial charge on any atom is 0.417 e. The highest BCUT2D eigenvalue weighted by Crippen LogP contribution is 2.29. The van der Waals surface area contributed by atoms with Crippen molar-refractivity contribution in [1.82, 2.24) is 4.98 Å². The first-order valence-corrected chi connectivity index (χ1v) is 8.16. The van der Waals surface area contributed by atoms with Gasteiger partial charge >= 0.3 is 6.18 Å². The second kappa shape index (κ2) is 10.5. The molecule has 1 saturated heterocycles. The third-order valence-corrected chi connectivity index (χ3v) is 3.53. The van der Waals surface area contributed by atoms with Gasteiger partial charge in [0.05, 0.1) is 58.4 Å². The molecule has 2 heterocycles. The Morgan fingerprint density at radius 1 is 0.760 bits per heavy atom. The molecule has 1 aliphatic heterocycles. The molecule has 2 rings (SSSR count). The molecular weight excluding hydrogens is 341 g/mol. The van der Waals surface area contributed by atoms with Gasteiger partial charge in [0, 0.05) is 19.3 Å². The maximum atomic E-state index is 12.7. The van der Waals surface area contributed by atoms with Crippen LogP contribution in [0.3, 0.4) is 0 Å². The maximum absolute atomic E-state index is 12.7. The number of nitrogens with zero attached hydrogens (tertiary/aromatic N) is 2. The lowest BCUT2D eigenvalue weighted by Crippen LogP contribution is -2.32. The lowest BCUT2D eigenvalue weighted by Gasteiger charge is -2.24. The quantitative estimate of drug-likeness (QED) is 0.760.